The van der Waals surface area contributed by atoms with Gasteiger partial charge in [0.25, 0.3) is 0 Å². The first-order valence-electron chi connectivity index (χ1n) is 8.67. The van der Waals surface area contributed by atoms with E-state index in [2.05, 4.69) is 5.32 Å². The summed E-state index contributed by atoms with van der Waals surface area (Å²) in [5, 5.41) is 3.00. The maximum Gasteiger partial charge on any atom is 0.242 e. The van der Waals surface area contributed by atoms with Crippen LogP contribution in [0.15, 0.2) is 29.2 Å². The summed E-state index contributed by atoms with van der Waals surface area (Å²) in [6.45, 7) is 3.79. The van der Waals surface area contributed by atoms with Gasteiger partial charge in [-0.05, 0) is 44.4 Å². The number of rotatable bonds is 5. The molecule has 26 heavy (non-hydrogen) atoms. The summed E-state index contributed by atoms with van der Waals surface area (Å²) in [5.41, 5.74) is 6.57. The van der Waals surface area contributed by atoms with Crippen molar-refractivity contribution >= 4 is 28.3 Å². The number of benzene rings is 1. The van der Waals surface area contributed by atoms with E-state index in [0.717, 1.165) is 31.2 Å². The third kappa shape index (κ3) is 4.97. The molecule has 3 N–H and O–H groups in total. The molecular formula is C18H30ClN3O3S. The molecule has 1 aliphatic carbocycles. The second-order valence-electron chi connectivity index (χ2n) is 7.39. The standard InChI is InChI=1S/C18H29N3O3S.ClH/c1-13(20-17(22)16-10-5-6-11-18(16,2)19)14-8-7-9-15(12-14)25(23,24)21(3)4;/h7-9,12-13,16H,5-6,10-11,19H2,1-4H3,(H,20,22);1H. The van der Waals surface area contributed by atoms with Crippen molar-refractivity contribution in [3.05, 3.63) is 29.8 Å². The predicted octanol–water partition coefficient (Wildman–Crippen LogP) is 2.44. The van der Waals surface area contributed by atoms with Crippen LogP contribution in [0.5, 0.6) is 0 Å². The van der Waals surface area contributed by atoms with Crippen LogP contribution in [0.3, 0.4) is 0 Å². The molecule has 1 aromatic carbocycles. The van der Waals surface area contributed by atoms with Crippen molar-refractivity contribution in [1.82, 2.24) is 9.62 Å². The number of halogens is 1. The number of nitrogens with one attached hydrogen (secondary N) is 1. The molecule has 3 unspecified atom stereocenters. The summed E-state index contributed by atoms with van der Waals surface area (Å²) >= 11 is 0. The number of nitrogens with two attached hydrogens (primary N) is 1. The predicted molar refractivity (Wildman–Crippen MR) is 106 cm³/mol. The summed E-state index contributed by atoms with van der Waals surface area (Å²) in [7, 11) is -0.503. The largest absolute Gasteiger partial charge is 0.349 e. The number of carbonyl (C=O) groups is 1. The van der Waals surface area contributed by atoms with Crippen LogP contribution in [-0.4, -0.2) is 38.3 Å². The second-order valence-corrected chi connectivity index (χ2v) is 9.55. The Labute approximate surface area is 163 Å². The lowest BCUT2D eigenvalue weighted by molar-refractivity contribution is -0.128. The Kier molecular flexibility index (Phi) is 7.65. The van der Waals surface area contributed by atoms with E-state index >= 15 is 0 Å². The lowest BCUT2D eigenvalue weighted by Crippen LogP contribution is -2.53. The molecule has 1 aromatic rings. The average Bonchev–Trinajstić information content (AvgIpc) is 2.54. The fourth-order valence-electron chi connectivity index (χ4n) is 3.34. The number of sulfonamides is 1. The Morgan fingerprint density at radius 3 is 2.58 bits per heavy atom. The number of hydrogen-bond acceptors (Lipinski definition) is 4. The van der Waals surface area contributed by atoms with E-state index in [4.69, 9.17) is 5.73 Å². The molecule has 0 aromatic heterocycles. The highest BCUT2D eigenvalue weighted by Gasteiger charge is 2.38. The van der Waals surface area contributed by atoms with Gasteiger partial charge in [0.2, 0.25) is 15.9 Å². The van der Waals surface area contributed by atoms with Crippen molar-refractivity contribution in [3.63, 3.8) is 0 Å². The molecule has 1 saturated carbocycles. The minimum atomic E-state index is -3.50. The van der Waals surface area contributed by atoms with Crippen molar-refractivity contribution in [2.24, 2.45) is 11.7 Å². The van der Waals surface area contributed by atoms with Gasteiger partial charge in [0, 0.05) is 19.6 Å². The van der Waals surface area contributed by atoms with Gasteiger partial charge in [0.05, 0.1) is 16.9 Å². The molecule has 148 valence electrons. The van der Waals surface area contributed by atoms with Crippen molar-refractivity contribution in [3.8, 4) is 0 Å². The van der Waals surface area contributed by atoms with E-state index in [1.54, 1.807) is 18.2 Å². The second kappa shape index (κ2) is 8.69. The van der Waals surface area contributed by atoms with E-state index < -0.39 is 15.6 Å². The normalized spacial score (nSPS) is 24.6. The van der Waals surface area contributed by atoms with Gasteiger partial charge >= 0.3 is 0 Å². The van der Waals surface area contributed by atoms with Crippen LogP contribution in [0.1, 0.15) is 51.1 Å². The minimum Gasteiger partial charge on any atom is -0.349 e. The summed E-state index contributed by atoms with van der Waals surface area (Å²) in [6.07, 6.45) is 3.70. The maximum atomic E-state index is 12.7. The van der Waals surface area contributed by atoms with Gasteiger partial charge in [-0.2, -0.15) is 0 Å². The highest BCUT2D eigenvalue weighted by molar-refractivity contribution is 7.89. The van der Waals surface area contributed by atoms with Crippen LogP contribution in [-0.2, 0) is 14.8 Å². The van der Waals surface area contributed by atoms with Crippen molar-refractivity contribution < 1.29 is 13.2 Å². The third-order valence-corrected chi connectivity index (χ3v) is 6.88. The van der Waals surface area contributed by atoms with E-state index in [0.29, 0.717) is 0 Å². The summed E-state index contributed by atoms with van der Waals surface area (Å²) in [4.78, 5) is 12.9. The highest BCUT2D eigenvalue weighted by atomic mass is 35.5. The van der Waals surface area contributed by atoms with Crippen LogP contribution in [0.4, 0.5) is 0 Å². The number of hydrogen-bond donors (Lipinski definition) is 2. The van der Waals surface area contributed by atoms with E-state index in [-0.39, 0.29) is 35.2 Å². The minimum absolute atomic E-state index is 0. The Morgan fingerprint density at radius 2 is 2.00 bits per heavy atom. The molecule has 2 rings (SSSR count). The SMILES string of the molecule is CC(NC(=O)C1CCCCC1(C)N)c1cccc(S(=O)(=O)N(C)C)c1.Cl. The van der Waals surface area contributed by atoms with Gasteiger partial charge < -0.3 is 11.1 Å². The van der Waals surface area contributed by atoms with Gasteiger partial charge in [-0.15, -0.1) is 12.4 Å². The fourth-order valence-corrected chi connectivity index (χ4v) is 4.30. The van der Waals surface area contributed by atoms with Gasteiger partial charge in [-0.25, -0.2) is 12.7 Å². The van der Waals surface area contributed by atoms with Crippen LogP contribution >= 0.6 is 12.4 Å². The highest BCUT2D eigenvalue weighted by Crippen LogP contribution is 2.32. The first-order chi connectivity index (χ1) is 11.6. The van der Waals surface area contributed by atoms with Gasteiger partial charge in [-0.1, -0.05) is 25.0 Å². The Balaban J connectivity index is 0.00000338. The van der Waals surface area contributed by atoms with E-state index in [1.165, 1.54) is 18.4 Å². The number of carbonyl (C=O) groups excluding carboxylic acids is 1. The fraction of sp³-hybridized carbons (Fsp3) is 0.611. The van der Waals surface area contributed by atoms with Crippen LogP contribution in [0, 0.1) is 5.92 Å². The van der Waals surface area contributed by atoms with Crippen LogP contribution < -0.4 is 11.1 Å². The zero-order valence-corrected chi connectivity index (χ0v) is 17.5. The smallest absolute Gasteiger partial charge is 0.242 e. The Hall–Kier alpha value is -1.15. The topological polar surface area (TPSA) is 92.5 Å². The maximum absolute atomic E-state index is 12.7. The first-order valence-corrected chi connectivity index (χ1v) is 10.1. The van der Waals surface area contributed by atoms with Crippen LogP contribution in [0.25, 0.3) is 0 Å². The molecular weight excluding hydrogens is 374 g/mol. The average molecular weight is 404 g/mol. The van der Waals surface area contributed by atoms with Gasteiger partial charge in [-0.3, -0.25) is 4.79 Å². The summed E-state index contributed by atoms with van der Waals surface area (Å²) in [5.74, 6) is -0.268. The van der Waals surface area contributed by atoms with Crippen LogP contribution in [0.2, 0.25) is 0 Å². The molecule has 0 radical (unpaired) electrons. The lowest BCUT2D eigenvalue weighted by Gasteiger charge is -2.37. The number of amides is 1. The molecule has 1 amide bonds. The third-order valence-electron chi connectivity index (χ3n) is 5.07. The Bertz CT molecular complexity index is 735. The lowest BCUT2D eigenvalue weighted by atomic mass is 9.74. The molecule has 0 heterocycles. The first kappa shape index (κ1) is 22.9. The molecule has 8 heteroatoms. The number of nitrogens with zero attached hydrogens (tertiary/aromatic N) is 1. The summed E-state index contributed by atoms with van der Waals surface area (Å²) < 4.78 is 25.7. The molecule has 3 atom stereocenters. The molecule has 1 fully saturated rings. The van der Waals surface area contributed by atoms with Gasteiger partial charge in [0.1, 0.15) is 0 Å². The summed E-state index contributed by atoms with van der Waals surface area (Å²) in [6, 6.07) is 6.40. The van der Waals surface area contributed by atoms with Crippen molar-refractivity contribution in [1.29, 1.82) is 0 Å². The quantitative estimate of drug-likeness (QED) is 0.789. The van der Waals surface area contributed by atoms with Crippen molar-refractivity contribution in [2.75, 3.05) is 14.1 Å². The van der Waals surface area contributed by atoms with E-state index in [9.17, 15) is 13.2 Å². The molecule has 0 aliphatic heterocycles. The zero-order chi connectivity index (χ0) is 18.8. The molecule has 1 aliphatic rings. The monoisotopic (exact) mass is 403 g/mol. The van der Waals surface area contributed by atoms with Crippen molar-refractivity contribution in [2.45, 2.75) is 56.0 Å². The zero-order valence-electron chi connectivity index (χ0n) is 15.9. The molecule has 0 spiro atoms. The Morgan fingerprint density at radius 1 is 1.35 bits per heavy atom. The van der Waals surface area contributed by atoms with Gasteiger partial charge in [0.15, 0.2) is 0 Å². The molecule has 0 saturated heterocycles. The van der Waals surface area contributed by atoms with E-state index in [1.807, 2.05) is 19.9 Å². The molecule has 6 nitrogen and oxygen atoms in total. The molecule has 0 bridgehead atoms.